The number of pyridine rings is 1. The minimum Gasteiger partial charge on any atom is -0.299 e. The van der Waals surface area contributed by atoms with E-state index < -0.39 is 0 Å². The molecule has 0 amide bonds. The fraction of sp³-hybridized carbons (Fsp3) is 0.667. The summed E-state index contributed by atoms with van der Waals surface area (Å²) in [5.41, 5.74) is 8.14. The van der Waals surface area contributed by atoms with E-state index in [0.29, 0.717) is 6.04 Å². The van der Waals surface area contributed by atoms with E-state index >= 15 is 0 Å². The SMILES string of the molecule is CC1CNNC1C1CCN(Cc2ccncc2)CC1. The van der Waals surface area contributed by atoms with Gasteiger partial charge in [-0.3, -0.25) is 20.7 Å². The predicted octanol–water partition coefficient (Wildman–Crippen LogP) is 1.41. The fourth-order valence-corrected chi connectivity index (χ4v) is 3.41. The molecule has 2 N–H and O–H groups in total. The van der Waals surface area contributed by atoms with Crippen molar-refractivity contribution in [3.63, 3.8) is 0 Å². The molecule has 104 valence electrons. The zero-order valence-corrected chi connectivity index (χ0v) is 11.7. The Labute approximate surface area is 115 Å². The van der Waals surface area contributed by atoms with Gasteiger partial charge in [-0.15, -0.1) is 0 Å². The lowest BCUT2D eigenvalue weighted by Crippen LogP contribution is -2.44. The molecule has 0 saturated carbocycles. The standard InChI is InChI=1S/C15H24N4/c1-12-10-17-18-15(12)14-4-8-19(9-5-14)11-13-2-6-16-7-3-13/h2-3,6-7,12,14-15,17-18H,4-5,8-11H2,1H3. The highest BCUT2D eigenvalue weighted by Crippen LogP contribution is 2.26. The largest absolute Gasteiger partial charge is 0.299 e. The van der Waals surface area contributed by atoms with Crippen molar-refractivity contribution in [3.05, 3.63) is 30.1 Å². The minimum absolute atomic E-state index is 0.670. The maximum Gasteiger partial charge on any atom is 0.0280 e. The van der Waals surface area contributed by atoms with Crippen LogP contribution in [0.25, 0.3) is 0 Å². The van der Waals surface area contributed by atoms with Crippen LogP contribution < -0.4 is 10.9 Å². The van der Waals surface area contributed by atoms with Gasteiger partial charge >= 0.3 is 0 Å². The van der Waals surface area contributed by atoms with Gasteiger partial charge in [0.1, 0.15) is 0 Å². The molecule has 0 aromatic carbocycles. The molecule has 0 spiro atoms. The monoisotopic (exact) mass is 260 g/mol. The first kappa shape index (κ1) is 13.0. The quantitative estimate of drug-likeness (QED) is 0.862. The number of hydrogen-bond acceptors (Lipinski definition) is 4. The van der Waals surface area contributed by atoms with Gasteiger partial charge in [0.25, 0.3) is 0 Å². The van der Waals surface area contributed by atoms with Crippen LogP contribution in [0.5, 0.6) is 0 Å². The number of nitrogens with one attached hydrogen (secondary N) is 2. The second kappa shape index (κ2) is 5.99. The van der Waals surface area contributed by atoms with Gasteiger partial charge in [-0.1, -0.05) is 6.92 Å². The predicted molar refractivity (Wildman–Crippen MR) is 76.3 cm³/mol. The molecule has 3 rings (SSSR count). The summed E-state index contributed by atoms with van der Waals surface area (Å²) in [6.07, 6.45) is 6.40. The lowest BCUT2D eigenvalue weighted by molar-refractivity contribution is 0.146. The van der Waals surface area contributed by atoms with Crippen LogP contribution in [0, 0.1) is 11.8 Å². The average molecular weight is 260 g/mol. The molecular weight excluding hydrogens is 236 g/mol. The summed E-state index contributed by atoms with van der Waals surface area (Å²) in [6, 6.07) is 4.91. The fourth-order valence-electron chi connectivity index (χ4n) is 3.41. The smallest absolute Gasteiger partial charge is 0.0280 e. The van der Waals surface area contributed by atoms with Crippen molar-refractivity contribution >= 4 is 0 Å². The van der Waals surface area contributed by atoms with Crippen LogP contribution in [-0.4, -0.2) is 35.6 Å². The van der Waals surface area contributed by atoms with Crippen LogP contribution in [0.3, 0.4) is 0 Å². The molecule has 19 heavy (non-hydrogen) atoms. The topological polar surface area (TPSA) is 40.2 Å². The van der Waals surface area contributed by atoms with E-state index in [1.807, 2.05) is 12.4 Å². The molecule has 0 radical (unpaired) electrons. The summed E-state index contributed by atoms with van der Waals surface area (Å²) >= 11 is 0. The third-order valence-electron chi connectivity index (χ3n) is 4.60. The van der Waals surface area contributed by atoms with E-state index in [4.69, 9.17) is 0 Å². The summed E-state index contributed by atoms with van der Waals surface area (Å²) in [4.78, 5) is 6.65. The molecule has 2 saturated heterocycles. The first-order valence-electron chi connectivity index (χ1n) is 7.42. The lowest BCUT2D eigenvalue weighted by Gasteiger charge is -2.35. The van der Waals surface area contributed by atoms with Gasteiger partial charge in [-0.25, -0.2) is 0 Å². The highest BCUT2D eigenvalue weighted by Gasteiger charge is 2.32. The second-order valence-corrected chi connectivity index (χ2v) is 6.00. The Morgan fingerprint density at radius 2 is 2.00 bits per heavy atom. The summed E-state index contributed by atoms with van der Waals surface area (Å²) in [5.74, 6) is 1.59. The second-order valence-electron chi connectivity index (χ2n) is 6.00. The van der Waals surface area contributed by atoms with Gasteiger partial charge in [0.05, 0.1) is 0 Å². The van der Waals surface area contributed by atoms with Crippen molar-refractivity contribution in [2.24, 2.45) is 11.8 Å². The van der Waals surface area contributed by atoms with E-state index in [2.05, 4.69) is 39.8 Å². The number of hydrogen-bond donors (Lipinski definition) is 2. The van der Waals surface area contributed by atoms with Crippen LogP contribution in [0.1, 0.15) is 25.3 Å². The number of likely N-dealkylation sites (tertiary alicyclic amines) is 1. The van der Waals surface area contributed by atoms with Crippen molar-refractivity contribution in [1.82, 2.24) is 20.7 Å². The summed E-state index contributed by atoms with van der Waals surface area (Å²) in [6.45, 7) is 6.97. The Kier molecular flexibility index (Phi) is 4.11. The molecule has 2 aliphatic rings. The molecule has 2 atom stereocenters. The van der Waals surface area contributed by atoms with Gasteiger partial charge < -0.3 is 0 Å². The molecular formula is C15H24N4. The minimum atomic E-state index is 0.670. The Bertz CT molecular complexity index is 386. The third-order valence-corrected chi connectivity index (χ3v) is 4.60. The molecule has 2 fully saturated rings. The maximum absolute atomic E-state index is 4.08. The lowest BCUT2D eigenvalue weighted by atomic mass is 9.84. The zero-order valence-electron chi connectivity index (χ0n) is 11.7. The highest BCUT2D eigenvalue weighted by molar-refractivity contribution is 5.09. The molecule has 0 bridgehead atoms. The Hall–Kier alpha value is -0.970. The normalized spacial score (nSPS) is 29.7. The van der Waals surface area contributed by atoms with Gasteiger partial charge in [0.15, 0.2) is 0 Å². The highest BCUT2D eigenvalue weighted by atomic mass is 15.4. The van der Waals surface area contributed by atoms with Crippen molar-refractivity contribution in [2.75, 3.05) is 19.6 Å². The third kappa shape index (κ3) is 3.14. The number of aromatic nitrogens is 1. The number of piperidine rings is 1. The molecule has 3 heterocycles. The Balaban J connectivity index is 1.49. The molecule has 4 heteroatoms. The van der Waals surface area contributed by atoms with Crippen LogP contribution in [-0.2, 0) is 6.54 Å². The number of hydrazine groups is 1. The van der Waals surface area contributed by atoms with Gasteiger partial charge in [-0.05, 0) is 55.5 Å². The zero-order chi connectivity index (χ0) is 13.1. The summed E-state index contributed by atoms with van der Waals surface area (Å²) < 4.78 is 0. The van der Waals surface area contributed by atoms with Crippen molar-refractivity contribution in [1.29, 1.82) is 0 Å². The van der Waals surface area contributed by atoms with E-state index in [1.165, 1.54) is 31.5 Å². The van der Waals surface area contributed by atoms with E-state index in [9.17, 15) is 0 Å². The number of nitrogens with zero attached hydrogens (tertiary/aromatic N) is 2. The van der Waals surface area contributed by atoms with E-state index in [-0.39, 0.29) is 0 Å². The maximum atomic E-state index is 4.08. The summed E-state index contributed by atoms with van der Waals surface area (Å²) in [7, 11) is 0. The van der Waals surface area contributed by atoms with Crippen LogP contribution in [0.15, 0.2) is 24.5 Å². The van der Waals surface area contributed by atoms with Gasteiger partial charge in [0.2, 0.25) is 0 Å². The molecule has 0 aliphatic carbocycles. The van der Waals surface area contributed by atoms with Crippen LogP contribution in [0.2, 0.25) is 0 Å². The van der Waals surface area contributed by atoms with Crippen molar-refractivity contribution < 1.29 is 0 Å². The van der Waals surface area contributed by atoms with Crippen molar-refractivity contribution in [2.45, 2.75) is 32.4 Å². The molecule has 2 aliphatic heterocycles. The van der Waals surface area contributed by atoms with Crippen LogP contribution >= 0.6 is 0 Å². The first-order chi connectivity index (χ1) is 9.33. The van der Waals surface area contributed by atoms with E-state index in [1.54, 1.807) is 0 Å². The number of rotatable bonds is 3. The van der Waals surface area contributed by atoms with Crippen molar-refractivity contribution in [3.8, 4) is 0 Å². The van der Waals surface area contributed by atoms with Gasteiger partial charge in [0, 0.05) is 31.5 Å². The van der Waals surface area contributed by atoms with E-state index in [0.717, 1.165) is 24.9 Å². The van der Waals surface area contributed by atoms with Crippen LogP contribution in [0.4, 0.5) is 0 Å². The first-order valence-corrected chi connectivity index (χ1v) is 7.42. The average Bonchev–Trinajstić information content (AvgIpc) is 2.87. The molecule has 1 aromatic heterocycles. The Morgan fingerprint density at radius 3 is 2.63 bits per heavy atom. The summed E-state index contributed by atoms with van der Waals surface area (Å²) in [5, 5.41) is 0. The van der Waals surface area contributed by atoms with Gasteiger partial charge in [-0.2, -0.15) is 0 Å². The molecule has 4 nitrogen and oxygen atoms in total. The Morgan fingerprint density at radius 1 is 1.26 bits per heavy atom. The molecule has 1 aromatic rings. The molecule has 2 unspecified atom stereocenters.